The predicted octanol–water partition coefficient (Wildman–Crippen LogP) is -0.415. The zero-order valence-electron chi connectivity index (χ0n) is 5.69. The molecule has 0 aliphatic heterocycles. The number of hydrogen-bond acceptors (Lipinski definition) is 3. The fourth-order valence-electron chi connectivity index (χ4n) is 0.615. The van der Waals surface area contributed by atoms with Crippen LogP contribution in [-0.2, 0) is 0 Å². The summed E-state index contributed by atoms with van der Waals surface area (Å²) in [7, 11) is 0. The second kappa shape index (κ2) is 3.51. The lowest BCUT2D eigenvalue weighted by Crippen LogP contribution is -2.18. The van der Waals surface area contributed by atoms with E-state index in [9.17, 15) is 10.2 Å². The first-order chi connectivity index (χ1) is 5.29. The fourth-order valence-corrected chi connectivity index (χ4v) is 0.615. The van der Waals surface area contributed by atoms with Crippen LogP contribution < -0.4 is 14.9 Å². The highest BCUT2D eigenvalue weighted by Crippen LogP contribution is 2.07. The number of rotatable bonds is 2. The van der Waals surface area contributed by atoms with Gasteiger partial charge in [0.2, 0.25) is 0 Å². The van der Waals surface area contributed by atoms with Crippen molar-refractivity contribution >= 4 is 0 Å². The molecule has 0 aromatic heterocycles. The molecule has 1 rings (SSSR count). The van der Waals surface area contributed by atoms with Crippen LogP contribution in [-0.4, -0.2) is 0 Å². The van der Waals surface area contributed by atoms with Crippen LogP contribution in [0.3, 0.4) is 0 Å². The third-order valence-electron chi connectivity index (χ3n) is 1.03. The summed E-state index contributed by atoms with van der Waals surface area (Å²) in [6.45, 7) is 0. The van der Waals surface area contributed by atoms with Crippen LogP contribution >= 0.6 is 0 Å². The topological polar surface area (TPSA) is 55.3 Å². The molecule has 0 aliphatic carbocycles. The molecule has 0 amide bonds. The van der Waals surface area contributed by atoms with Crippen LogP contribution in [0.2, 0.25) is 0 Å². The second-order valence-corrected chi connectivity index (χ2v) is 1.87. The van der Waals surface area contributed by atoms with Gasteiger partial charge in [0.1, 0.15) is 5.75 Å². The average Bonchev–Trinajstić information content (AvgIpc) is 2.03. The molecular formula is C8H6O3-2. The Morgan fingerprint density at radius 2 is 1.82 bits per heavy atom. The lowest BCUT2D eigenvalue weighted by molar-refractivity contribution is -0.515. The highest BCUT2D eigenvalue weighted by molar-refractivity contribution is 5.21. The third kappa shape index (κ3) is 2.62. The van der Waals surface area contributed by atoms with Crippen molar-refractivity contribution in [3.8, 4) is 5.75 Å². The first-order valence-electron chi connectivity index (χ1n) is 3.05. The Labute approximate surface area is 64.2 Å². The quantitative estimate of drug-likeness (QED) is 0.538. The van der Waals surface area contributed by atoms with Crippen molar-refractivity contribution in [2.24, 2.45) is 0 Å². The zero-order chi connectivity index (χ0) is 8.10. The van der Waals surface area contributed by atoms with Crippen molar-refractivity contribution in [2.45, 2.75) is 0 Å². The molecule has 0 bridgehead atoms. The maximum Gasteiger partial charge on any atom is 0.126 e. The van der Waals surface area contributed by atoms with Crippen molar-refractivity contribution in [3.05, 3.63) is 42.5 Å². The highest BCUT2D eigenvalue weighted by atomic mass is 16.5. The van der Waals surface area contributed by atoms with E-state index in [-0.39, 0.29) is 0 Å². The van der Waals surface area contributed by atoms with Crippen LogP contribution in [0.5, 0.6) is 5.75 Å². The molecule has 11 heavy (non-hydrogen) atoms. The van der Waals surface area contributed by atoms with E-state index >= 15 is 0 Å². The number of hydrogen-bond donors (Lipinski definition) is 0. The van der Waals surface area contributed by atoms with Crippen molar-refractivity contribution in [2.75, 3.05) is 0 Å². The highest BCUT2D eigenvalue weighted by Gasteiger charge is 1.83. The molecule has 0 aliphatic rings. The van der Waals surface area contributed by atoms with Gasteiger partial charge in [-0.1, -0.05) is 18.2 Å². The lowest BCUT2D eigenvalue weighted by Gasteiger charge is -2.15. The van der Waals surface area contributed by atoms with Crippen molar-refractivity contribution in [3.63, 3.8) is 0 Å². The van der Waals surface area contributed by atoms with E-state index in [1.807, 2.05) is 6.07 Å². The summed E-state index contributed by atoms with van der Waals surface area (Å²) < 4.78 is 4.68. The SMILES string of the molecule is [O-]C([O-])=COc1ccccc1. The summed E-state index contributed by atoms with van der Waals surface area (Å²) in [5.41, 5.74) is 0. The van der Waals surface area contributed by atoms with E-state index in [0.717, 1.165) is 0 Å². The average molecular weight is 150 g/mol. The molecule has 0 fully saturated rings. The van der Waals surface area contributed by atoms with E-state index in [1.54, 1.807) is 24.3 Å². The van der Waals surface area contributed by atoms with E-state index in [4.69, 9.17) is 0 Å². The molecule has 0 spiro atoms. The van der Waals surface area contributed by atoms with Gasteiger partial charge < -0.3 is 14.9 Å². The maximum atomic E-state index is 9.88. The number of para-hydroxylation sites is 1. The minimum atomic E-state index is -1.34. The van der Waals surface area contributed by atoms with Crippen molar-refractivity contribution < 1.29 is 14.9 Å². The normalized spacial score (nSPS) is 8.73. The van der Waals surface area contributed by atoms with Gasteiger partial charge in [0.25, 0.3) is 0 Å². The Morgan fingerprint density at radius 1 is 1.18 bits per heavy atom. The molecule has 3 nitrogen and oxygen atoms in total. The first kappa shape index (κ1) is 7.47. The van der Waals surface area contributed by atoms with Crippen LogP contribution in [0, 0.1) is 0 Å². The summed E-state index contributed by atoms with van der Waals surface area (Å²) in [5.74, 6) is -0.856. The van der Waals surface area contributed by atoms with E-state index in [1.165, 1.54) is 0 Å². The van der Waals surface area contributed by atoms with Crippen LogP contribution in [0.1, 0.15) is 0 Å². The van der Waals surface area contributed by atoms with Crippen molar-refractivity contribution in [1.29, 1.82) is 0 Å². The summed E-state index contributed by atoms with van der Waals surface area (Å²) >= 11 is 0. The van der Waals surface area contributed by atoms with Crippen LogP contribution in [0.15, 0.2) is 42.5 Å². The van der Waals surface area contributed by atoms with Gasteiger partial charge in [-0.05, 0) is 12.1 Å². The summed E-state index contributed by atoms with van der Waals surface area (Å²) in [5, 5.41) is 19.8. The molecule has 58 valence electrons. The van der Waals surface area contributed by atoms with Gasteiger partial charge in [0.05, 0.1) is 6.26 Å². The number of benzene rings is 1. The second-order valence-electron chi connectivity index (χ2n) is 1.87. The van der Waals surface area contributed by atoms with Gasteiger partial charge in [-0.3, -0.25) is 0 Å². The summed E-state index contributed by atoms with van der Waals surface area (Å²) in [6.07, 6.45) is 0.634. The molecule has 0 radical (unpaired) electrons. The standard InChI is InChI=1S/C8H8O3/c9-8(10)6-11-7-4-2-1-3-5-7/h1-6,9-10H/p-2. The van der Waals surface area contributed by atoms with Gasteiger partial charge in [-0.25, -0.2) is 0 Å². The molecule has 1 aromatic carbocycles. The zero-order valence-corrected chi connectivity index (χ0v) is 5.69. The largest absolute Gasteiger partial charge is 0.882 e. The van der Waals surface area contributed by atoms with E-state index in [2.05, 4.69) is 4.74 Å². The molecule has 1 aromatic rings. The molecule has 0 atom stereocenters. The van der Waals surface area contributed by atoms with Gasteiger partial charge in [-0.2, -0.15) is 5.95 Å². The number of ether oxygens (including phenoxy) is 1. The Kier molecular flexibility index (Phi) is 2.38. The molecule has 3 heteroatoms. The molecule has 0 heterocycles. The lowest BCUT2D eigenvalue weighted by atomic mass is 10.3. The van der Waals surface area contributed by atoms with Gasteiger partial charge in [-0.15, -0.1) is 0 Å². The molecule has 0 saturated heterocycles. The predicted molar refractivity (Wildman–Crippen MR) is 35.2 cm³/mol. The Bertz CT molecular complexity index is 237. The smallest absolute Gasteiger partial charge is 0.126 e. The Morgan fingerprint density at radius 3 is 2.36 bits per heavy atom. The van der Waals surface area contributed by atoms with E-state index in [0.29, 0.717) is 12.0 Å². The Balaban J connectivity index is 2.59. The van der Waals surface area contributed by atoms with Crippen molar-refractivity contribution in [1.82, 2.24) is 0 Å². The minimum Gasteiger partial charge on any atom is -0.882 e. The monoisotopic (exact) mass is 150 g/mol. The molecule has 0 unspecified atom stereocenters. The summed E-state index contributed by atoms with van der Waals surface area (Å²) in [4.78, 5) is 0. The van der Waals surface area contributed by atoms with Gasteiger partial charge in [0, 0.05) is 0 Å². The van der Waals surface area contributed by atoms with Gasteiger partial charge in [0.15, 0.2) is 0 Å². The van der Waals surface area contributed by atoms with Gasteiger partial charge >= 0.3 is 0 Å². The Hall–Kier alpha value is -1.64. The fraction of sp³-hybridized carbons (Fsp3) is 0. The minimum absolute atomic E-state index is 0.483. The van der Waals surface area contributed by atoms with Crippen LogP contribution in [0.4, 0.5) is 0 Å². The summed E-state index contributed by atoms with van der Waals surface area (Å²) in [6, 6.07) is 8.61. The molecule has 0 saturated carbocycles. The molecular weight excluding hydrogens is 144 g/mol. The van der Waals surface area contributed by atoms with Crippen LogP contribution in [0.25, 0.3) is 0 Å². The molecule has 0 N–H and O–H groups in total. The third-order valence-corrected chi connectivity index (χ3v) is 1.03. The van der Waals surface area contributed by atoms with E-state index < -0.39 is 5.95 Å². The first-order valence-corrected chi connectivity index (χ1v) is 3.05. The maximum absolute atomic E-state index is 9.88.